The second kappa shape index (κ2) is 6.60. The molecule has 0 aliphatic rings. The number of nitrogens with two attached hydrogens (primary N) is 1. The Morgan fingerprint density at radius 2 is 2.14 bits per heavy atom. The van der Waals surface area contributed by atoms with Crippen molar-refractivity contribution in [1.82, 2.24) is 4.98 Å². The van der Waals surface area contributed by atoms with Crippen LogP contribution in [0.3, 0.4) is 0 Å². The van der Waals surface area contributed by atoms with Gasteiger partial charge in [-0.1, -0.05) is 25.4 Å². The van der Waals surface area contributed by atoms with E-state index in [1.54, 1.807) is 13.3 Å². The zero-order valence-electron chi connectivity index (χ0n) is 12.7. The molecule has 114 valence electrons. The van der Waals surface area contributed by atoms with Gasteiger partial charge in [0.1, 0.15) is 0 Å². The molecule has 0 aliphatic heterocycles. The SMILES string of the molecule is COCC(CN)(Nc1ccc(Cl)c2cccnc12)C(C)C. The average molecular weight is 308 g/mol. The van der Waals surface area contributed by atoms with Gasteiger partial charge in [-0.05, 0) is 30.2 Å². The first-order valence-electron chi connectivity index (χ1n) is 7.04. The predicted molar refractivity (Wildman–Crippen MR) is 88.9 cm³/mol. The molecule has 0 spiro atoms. The lowest BCUT2D eigenvalue weighted by Crippen LogP contribution is -2.53. The van der Waals surface area contributed by atoms with Gasteiger partial charge in [-0.15, -0.1) is 0 Å². The van der Waals surface area contributed by atoms with Gasteiger partial charge in [0.05, 0.1) is 28.4 Å². The third kappa shape index (κ3) is 3.12. The molecule has 2 rings (SSSR count). The molecule has 1 atom stereocenters. The minimum Gasteiger partial charge on any atom is -0.382 e. The Balaban J connectivity index is 2.49. The number of ether oxygens (including phenoxy) is 1. The van der Waals surface area contributed by atoms with E-state index in [2.05, 4.69) is 24.1 Å². The van der Waals surface area contributed by atoms with E-state index in [0.717, 1.165) is 16.6 Å². The van der Waals surface area contributed by atoms with E-state index in [9.17, 15) is 0 Å². The van der Waals surface area contributed by atoms with Crippen LogP contribution in [-0.4, -0.2) is 30.8 Å². The van der Waals surface area contributed by atoms with Gasteiger partial charge in [0.15, 0.2) is 0 Å². The lowest BCUT2D eigenvalue weighted by molar-refractivity contribution is 0.121. The number of rotatable bonds is 6. The van der Waals surface area contributed by atoms with E-state index < -0.39 is 0 Å². The summed E-state index contributed by atoms with van der Waals surface area (Å²) in [6.45, 7) is 5.25. The quantitative estimate of drug-likeness (QED) is 0.859. The summed E-state index contributed by atoms with van der Waals surface area (Å²) in [5, 5.41) is 5.16. The van der Waals surface area contributed by atoms with E-state index in [1.807, 2.05) is 24.3 Å². The van der Waals surface area contributed by atoms with Gasteiger partial charge in [-0.25, -0.2) is 0 Å². The first kappa shape index (κ1) is 16.0. The summed E-state index contributed by atoms with van der Waals surface area (Å²) in [5.74, 6) is 0.303. The van der Waals surface area contributed by atoms with Crippen molar-refractivity contribution in [3.8, 4) is 0 Å². The average Bonchev–Trinajstić information content (AvgIpc) is 2.49. The highest BCUT2D eigenvalue weighted by atomic mass is 35.5. The van der Waals surface area contributed by atoms with E-state index in [0.29, 0.717) is 24.1 Å². The number of benzene rings is 1. The van der Waals surface area contributed by atoms with E-state index in [-0.39, 0.29) is 5.54 Å². The highest BCUT2D eigenvalue weighted by molar-refractivity contribution is 6.35. The lowest BCUT2D eigenvalue weighted by Gasteiger charge is -2.38. The number of anilines is 1. The number of pyridine rings is 1. The molecule has 1 aromatic heterocycles. The lowest BCUT2D eigenvalue weighted by atomic mass is 9.86. The fraction of sp³-hybridized carbons (Fsp3) is 0.438. The molecule has 0 amide bonds. The van der Waals surface area contributed by atoms with Crippen LogP contribution >= 0.6 is 11.6 Å². The maximum atomic E-state index is 6.24. The van der Waals surface area contributed by atoms with E-state index in [1.165, 1.54) is 0 Å². The molecule has 2 aromatic rings. The highest BCUT2D eigenvalue weighted by Gasteiger charge is 2.33. The Morgan fingerprint density at radius 1 is 1.38 bits per heavy atom. The van der Waals surface area contributed by atoms with Crippen molar-refractivity contribution in [2.24, 2.45) is 11.7 Å². The zero-order valence-corrected chi connectivity index (χ0v) is 13.4. The molecule has 0 saturated carbocycles. The number of nitrogens with zero attached hydrogens (tertiary/aromatic N) is 1. The summed E-state index contributed by atoms with van der Waals surface area (Å²) in [6, 6.07) is 7.67. The Bertz CT molecular complexity index is 617. The van der Waals surface area contributed by atoms with Gasteiger partial charge < -0.3 is 15.8 Å². The fourth-order valence-corrected chi connectivity index (χ4v) is 2.67. The van der Waals surface area contributed by atoms with E-state index >= 15 is 0 Å². The van der Waals surface area contributed by atoms with Gasteiger partial charge >= 0.3 is 0 Å². The Kier molecular flexibility index (Phi) is 5.04. The molecule has 0 fully saturated rings. The topological polar surface area (TPSA) is 60.2 Å². The third-order valence-corrected chi connectivity index (χ3v) is 4.30. The monoisotopic (exact) mass is 307 g/mol. The third-order valence-electron chi connectivity index (χ3n) is 3.97. The molecule has 21 heavy (non-hydrogen) atoms. The van der Waals surface area contributed by atoms with Gasteiger partial charge in [0.2, 0.25) is 0 Å². The summed E-state index contributed by atoms with van der Waals surface area (Å²) in [7, 11) is 1.69. The molecule has 0 aliphatic carbocycles. The first-order chi connectivity index (χ1) is 10.0. The highest BCUT2D eigenvalue weighted by Crippen LogP contribution is 2.31. The minimum absolute atomic E-state index is 0.303. The van der Waals surface area contributed by atoms with Gasteiger partial charge in [0, 0.05) is 25.2 Å². The number of fused-ring (bicyclic) bond motifs is 1. The van der Waals surface area contributed by atoms with E-state index in [4.69, 9.17) is 22.1 Å². The van der Waals surface area contributed by atoms with Crippen molar-refractivity contribution in [3.05, 3.63) is 35.5 Å². The minimum atomic E-state index is -0.340. The number of halogens is 1. The van der Waals surface area contributed by atoms with Gasteiger partial charge in [-0.3, -0.25) is 4.98 Å². The summed E-state index contributed by atoms with van der Waals surface area (Å²) >= 11 is 6.24. The number of nitrogens with one attached hydrogen (secondary N) is 1. The standard InChI is InChI=1S/C16H22ClN3O/c1-11(2)16(9-18,10-21-3)20-14-7-6-13(17)12-5-4-8-19-15(12)14/h4-8,11,20H,9-10,18H2,1-3H3. The number of methoxy groups -OCH3 is 1. The Morgan fingerprint density at radius 3 is 2.76 bits per heavy atom. The molecule has 1 aromatic carbocycles. The van der Waals surface area contributed by atoms with Crippen LogP contribution in [0, 0.1) is 5.92 Å². The molecule has 0 bridgehead atoms. The summed E-state index contributed by atoms with van der Waals surface area (Å²) in [6.07, 6.45) is 1.76. The molecular weight excluding hydrogens is 286 g/mol. The van der Waals surface area contributed by atoms with Crippen molar-refractivity contribution in [2.75, 3.05) is 25.6 Å². The molecule has 5 heteroatoms. The van der Waals surface area contributed by atoms with Crippen LogP contribution in [-0.2, 0) is 4.74 Å². The normalized spacial score (nSPS) is 14.4. The molecule has 3 N–H and O–H groups in total. The van der Waals surface area contributed by atoms with Crippen LogP contribution in [0.15, 0.2) is 30.5 Å². The van der Waals surface area contributed by atoms with Gasteiger partial charge in [0.25, 0.3) is 0 Å². The number of hydrogen-bond acceptors (Lipinski definition) is 4. The second-order valence-corrected chi connectivity index (χ2v) is 5.97. The van der Waals surface area contributed by atoms with Crippen molar-refractivity contribution >= 4 is 28.2 Å². The maximum absolute atomic E-state index is 6.24. The van der Waals surface area contributed by atoms with Crippen molar-refractivity contribution in [2.45, 2.75) is 19.4 Å². The van der Waals surface area contributed by atoms with Gasteiger partial charge in [-0.2, -0.15) is 0 Å². The molecule has 4 nitrogen and oxygen atoms in total. The second-order valence-electron chi connectivity index (χ2n) is 5.57. The summed E-state index contributed by atoms with van der Waals surface area (Å²) in [5.41, 5.74) is 7.46. The van der Waals surface area contributed by atoms with Crippen molar-refractivity contribution in [1.29, 1.82) is 0 Å². The van der Waals surface area contributed by atoms with Crippen molar-refractivity contribution < 1.29 is 4.74 Å². The number of aromatic nitrogens is 1. The van der Waals surface area contributed by atoms with Crippen LogP contribution in [0.1, 0.15) is 13.8 Å². The smallest absolute Gasteiger partial charge is 0.0948 e. The Hall–Kier alpha value is -1.36. The van der Waals surface area contributed by atoms with Crippen LogP contribution in [0.2, 0.25) is 5.02 Å². The first-order valence-corrected chi connectivity index (χ1v) is 7.42. The molecule has 1 heterocycles. The fourth-order valence-electron chi connectivity index (χ4n) is 2.46. The largest absolute Gasteiger partial charge is 0.382 e. The molecule has 1 unspecified atom stereocenters. The van der Waals surface area contributed by atoms with Crippen LogP contribution < -0.4 is 11.1 Å². The molecule has 0 radical (unpaired) electrons. The van der Waals surface area contributed by atoms with Crippen molar-refractivity contribution in [3.63, 3.8) is 0 Å². The predicted octanol–water partition coefficient (Wildman–Crippen LogP) is 3.30. The van der Waals surface area contributed by atoms with Crippen LogP contribution in [0.25, 0.3) is 10.9 Å². The summed E-state index contributed by atoms with van der Waals surface area (Å²) < 4.78 is 5.38. The van der Waals surface area contributed by atoms with Crippen LogP contribution in [0.5, 0.6) is 0 Å². The maximum Gasteiger partial charge on any atom is 0.0948 e. The molecular formula is C16H22ClN3O. The zero-order chi connectivity index (χ0) is 15.5. The molecule has 0 saturated heterocycles. The van der Waals surface area contributed by atoms with Crippen LogP contribution in [0.4, 0.5) is 5.69 Å². The Labute approximate surface area is 130 Å². The number of hydrogen-bond donors (Lipinski definition) is 2. The summed E-state index contributed by atoms with van der Waals surface area (Å²) in [4.78, 5) is 4.45.